The van der Waals surface area contributed by atoms with Crippen molar-refractivity contribution >= 4 is 5.69 Å². The molecule has 94 valence electrons. The highest BCUT2D eigenvalue weighted by Crippen LogP contribution is 2.27. The summed E-state index contributed by atoms with van der Waals surface area (Å²) in [4.78, 5) is 2.31. The van der Waals surface area contributed by atoms with Gasteiger partial charge in [0.2, 0.25) is 0 Å². The van der Waals surface area contributed by atoms with Gasteiger partial charge in [0.1, 0.15) is 0 Å². The van der Waals surface area contributed by atoms with Crippen molar-refractivity contribution in [2.75, 3.05) is 24.6 Å². The topological polar surface area (TPSA) is 49.5 Å². The Morgan fingerprint density at radius 1 is 1.41 bits per heavy atom. The van der Waals surface area contributed by atoms with Gasteiger partial charge in [-0.25, -0.2) is 0 Å². The van der Waals surface area contributed by atoms with Crippen LogP contribution >= 0.6 is 0 Å². The van der Waals surface area contributed by atoms with Gasteiger partial charge in [0.25, 0.3) is 0 Å². The van der Waals surface area contributed by atoms with Gasteiger partial charge in [-0.05, 0) is 43.9 Å². The van der Waals surface area contributed by atoms with Crippen molar-refractivity contribution in [3.63, 3.8) is 0 Å². The molecule has 1 heterocycles. The second-order valence-electron chi connectivity index (χ2n) is 5.34. The Morgan fingerprint density at radius 2 is 2.18 bits per heavy atom. The van der Waals surface area contributed by atoms with E-state index in [9.17, 15) is 5.11 Å². The fourth-order valence-corrected chi connectivity index (χ4v) is 2.55. The van der Waals surface area contributed by atoms with Gasteiger partial charge in [0, 0.05) is 18.8 Å². The van der Waals surface area contributed by atoms with Crippen LogP contribution in [0, 0.1) is 13.8 Å². The van der Waals surface area contributed by atoms with Crippen molar-refractivity contribution < 1.29 is 5.11 Å². The van der Waals surface area contributed by atoms with Crippen molar-refractivity contribution in [2.24, 2.45) is 5.73 Å². The smallest absolute Gasteiger partial charge is 0.0628 e. The number of hydrogen-bond donors (Lipinski definition) is 2. The van der Waals surface area contributed by atoms with Crippen LogP contribution in [0.5, 0.6) is 0 Å². The van der Waals surface area contributed by atoms with E-state index in [0.29, 0.717) is 0 Å². The lowest BCUT2D eigenvalue weighted by atomic mass is 9.90. The van der Waals surface area contributed by atoms with Crippen LogP contribution in [0.3, 0.4) is 0 Å². The number of benzene rings is 1. The van der Waals surface area contributed by atoms with E-state index in [1.807, 2.05) is 0 Å². The first-order valence-corrected chi connectivity index (χ1v) is 6.26. The average molecular weight is 234 g/mol. The molecule has 17 heavy (non-hydrogen) atoms. The predicted molar refractivity (Wildman–Crippen MR) is 71.4 cm³/mol. The van der Waals surface area contributed by atoms with E-state index in [-0.39, 0.29) is 6.61 Å². The number of nitrogens with two attached hydrogens (primary N) is 1. The van der Waals surface area contributed by atoms with E-state index in [0.717, 1.165) is 25.9 Å². The summed E-state index contributed by atoms with van der Waals surface area (Å²) < 4.78 is 0. The van der Waals surface area contributed by atoms with Gasteiger partial charge in [0.15, 0.2) is 0 Å². The zero-order chi connectivity index (χ0) is 12.5. The first kappa shape index (κ1) is 12.4. The maximum atomic E-state index is 9.39. The van der Waals surface area contributed by atoms with E-state index in [2.05, 4.69) is 36.9 Å². The SMILES string of the molecule is Cc1ccc(C)c(N2CCCC(N)(CO)C2)c1. The van der Waals surface area contributed by atoms with E-state index < -0.39 is 5.54 Å². The summed E-state index contributed by atoms with van der Waals surface area (Å²) in [6, 6.07) is 6.49. The monoisotopic (exact) mass is 234 g/mol. The summed E-state index contributed by atoms with van der Waals surface area (Å²) in [6.45, 7) is 6.07. The number of anilines is 1. The summed E-state index contributed by atoms with van der Waals surface area (Å²) in [5, 5.41) is 9.39. The van der Waals surface area contributed by atoms with Gasteiger partial charge in [0.05, 0.1) is 12.1 Å². The molecule has 0 spiro atoms. The van der Waals surface area contributed by atoms with Crippen LogP contribution in [-0.4, -0.2) is 30.3 Å². The number of piperidine rings is 1. The van der Waals surface area contributed by atoms with Crippen LogP contribution in [0.4, 0.5) is 5.69 Å². The second kappa shape index (κ2) is 4.67. The third-order valence-electron chi connectivity index (χ3n) is 3.63. The van der Waals surface area contributed by atoms with E-state index in [1.54, 1.807) is 0 Å². The van der Waals surface area contributed by atoms with Gasteiger partial charge in [-0.3, -0.25) is 0 Å². The van der Waals surface area contributed by atoms with Crippen LogP contribution in [-0.2, 0) is 0 Å². The molecule has 1 aliphatic rings. The van der Waals surface area contributed by atoms with Crippen LogP contribution in [0.15, 0.2) is 18.2 Å². The molecule has 1 fully saturated rings. The van der Waals surface area contributed by atoms with Crippen molar-refractivity contribution in [3.05, 3.63) is 29.3 Å². The summed E-state index contributed by atoms with van der Waals surface area (Å²) in [5.74, 6) is 0. The summed E-state index contributed by atoms with van der Waals surface area (Å²) in [6.07, 6.45) is 1.95. The molecule has 1 aliphatic heterocycles. The minimum atomic E-state index is -0.436. The summed E-state index contributed by atoms with van der Waals surface area (Å²) >= 11 is 0. The first-order valence-electron chi connectivity index (χ1n) is 6.26. The number of aliphatic hydroxyl groups is 1. The third-order valence-corrected chi connectivity index (χ3v) is 3.63. The molecule has 1 atom stereocenters. The zero-order valence-corrected chi connectivity index (χ0v) is 10.7. The lowest BCUT2D eigenvalue weighted by Crippen LogP contribution is -2.56. The Labute approximate surface area is 103 Å². The molecule has 0 bridgehead atoms. The minimum absolute atomic E-state index is 0.0639. The van der Waals surface area contributed by atoms with Gasteiger partial charge in [-0.15, -0.1) is 0 Å². The molecular weight excluding hydrogens is 212 g/mol. The van der Waals surface area contributed by atoms with Gasteiger partial charge < -0.3 is 15.7 Å². The molecule has 2 rings (SSSR count). The van der Waals surface area contributed by atoms with Crippen LogP contribution < -0.4 is 10.6 Å². The van der Waals surface area contributed by atoms with Crippen molar-refractivity contribution in [1.29, 1.82) is 0 Å². The third kappa shape index (κ3) is 2.61. The normalized spacial score (nSPS) is 25.1. The second-order valence-corrected chi connectivity index (χ2v) is 5.34. The number of aryl methyl sites for hydroxylation is 2. The highest BCUT2D eigenvalue weighted by Gasteiger charge is 2.31. The summed E-state index contributed by atoms with van der Waals surface area (Å²) in [7, 11) is 0. The Hall–Kier alpha value is -1.06. The van der Waals surface area contributed by atoms with Gasteiger partial charge >= 0.3 is 0 Å². The molecule has 0 aromatic heterocycles. The molecule has 1 aromatic rings. The maximum Gasteiger partial charge on any atom is 0.0628 e. The Morgan fingerprint density at radius 3 is 2.88 bits per heavy atom. The van der Waals surface area contributed by atoms with E-state index in [1.165, 1.54) is 16.8 Å². The minimum Gasteiger partial charge on any atom is -0.394 e. The van der Waals surface area contributed by atoms with Gasteiger partial charge in [-0.1, -0.05) is 12.1 Å². The van der Waals surface area contributed by atoms with E-state index in [4.69, 9.17) is 5.73 Å². The number of nitrogens with zero attached hydrogens (tertiary/aromatic N) is 1. The molecule has 1 aromatic carbocycles. The van der Waals surface area contributed by atoms with Crippen molar-refractivity contribution in [3.8, 4) is 0 Å². The molecule has 0 saturated carbocycles. The lowest BCUT2D eigenvalue weighted by molar-refractivity contribution is 0.177. The molecule has 3 heteroatoms. The molecular formula is C14H22N2O. The number of rotatable bonds is 2. The molecule has 0 radical (unpaired) electrons. The van der Waals surface area contributed by atoms with Crippen LogP contribution in [0.1, 0.15) is 24.0 Å². The first-order chi connectivity index (χ1) is 8.04. The molecule has 3 N–H and O–H groups in total. The molecule has 1 unspecified atom stereocenters. The Bertz CT molecular complexity index is 405. The fourth-order valence-electron chi connectivity index (χ4n) is 2.55. The molecule has 0 amide bonds. The number of hydrogen-bond acceptors (Lipinski definition) is 3. The van der Waals surface area contributed by atoms with Gasteiger partial charge in [-0.2, -0.15) is 0 Å². The predicted octanol–water partition coefficient (Wildman–Crippen LogP) is 1.59. The molecule has 1 saturated heterocycles. The van der Waals surface area contributed by atoms with Crippen molar-refractivity contribution in [1.82, 2.24) is 0 Å². The zero-order valence-electron chi connectivity index (χ0n) is 10.7. The largest absolute Gasteiger partial charge is 0.394 e. The fraction of sp³-hybridized carbons (Fsp3) is 0.571. The Kier molecular flexibility index (Phi) is 3.40. The Balaban J connectivity index is 2.24. The average Bonchev–Trinajstić information content (AvgIpc) is 2.32. The quantitative estimate of drug-likeness (QED) is 0.817. The van der Waals surface area contributed by atoms with Crippen molar-refractivity contribution in [2.45, 2.75) is 32.2 Å². The molecule has 3 nitrogen and oxygen atoms in total. The summed E-state index contributed by atoms with van der Waals surface area (Å²) in [5.41, 5.74) is 9.55. The van der Waals surface area contributed by atoms with Crippen LogP contribution in [0.25, 0.3) is 0 Å². The van der Waals surface area contributed by atoms with E-state index >= 15 is 0 Å². The highest BCUT2D eigenvalue weighted by molar-refractivity contribution is 5.55. The lowest BCUT2D eigenvalue weighted by Gasteiger charge is -2.41. The number of aliphatic hydroxyl groups excluding tert-OH is 1. The maximum absolute atomic E-state index is 9.39. The standard InChI is InChI=1S/C14H22N2O/c1-11-4-5-12(2)13(8-11)16-7-3-6-14(15,9-16)10-17/h4-5,8,17H,3,6-7,9-10,15H2,1-2H3. The highest BCUT2D eigenvalue weighted by atomic mass is 16.3. The van der Waals surface area contributed by atoms with Crippen LogP contribution in [0.2, 0.25) is 0 Å². The molecule has 0 aliphatic carbocycles.